The Morgan fingerprint density at radius 1 is 1.27 bits per heavy atom. The van der Waals surface area contributed by atoms with Gasteiger partial charge >= 0.3 is 0 Å². The quantitative estimate of drug-likeness (QED) is 0.589. The van der Waals surface area contributed by atoms with Crippen LogP contribution in [0, 0.1) is 6.92 Å². The predicted octanol–water partition coefficient (Wildman–Crippen LogP) is 3.23. The van der Waals surface area contributed by atoms with Gasteiger partial charge in [0.2, 0.25) is 0 Å². The lowest BCUT2D eigenvalue weighted by atomic mass is 10.1. The highest BCUT2D eigenvalue weighted by molar-refractivity contribution is 7.21. The number of hydrogen-bond acceptors (Lipinski definition) is 5. The van der Waals surface area contributed by atoms with Gasteiger partial charge in [-0.2, -0.15) is 10.2 Å². The molecule has 0 spiro atoms. The summed E-state index contributed by atoms with van der Waals surface area (Å²) < 4.78 is 17.8. The smallest absolute Gasteiger partial charge is 0.166 e. The molecular weight excluding hydrogens is 351 g/mol. The fourth-order valence-corrected chi connectivity index (χ4v) is 4.59. The van der Waals surface area contributed by atoms with Crippen molar-refractivity contribution in [1.82, 2.24) is 29.9 Å². The number of halogens is 1. The number of benzene rings is 1. The van der Waals surface area contributed by atoms with Crippen molar-refractivity contribution in [2.45, 2.75) is 25.6 Å². The molecule has 1 saturated heterocycles. The molecule has 5 rings (SSSR count). The Bertz CT molecular complexity index is 1080. The van der Waals surface area contributed by atoms with E-state index in [2.05, 4.69) is 34.6 Å². The molecule has 1 N–H and O–H groups in total. The van der Waals surface area contributed by atoms with Gasteiger partial charge in [0, 0.05) is 30.7 Å². The third-order valence-electron chi connectivity index (χ3n) is 4.97. The van der Waals surface area contributed by atoms with Crippen LogP contribution in [-0.2, 0) is 7.05 Å². The van der Waals surface area contributed by atoms with E-state index in [1.165, 1.54) is 0 Å². The van der Waals surface area contributed by atoms with Gasteiger partial charge in [-0.1, -0.05) is 11.3 Å². The Kier molecular flexibility index (Phi) is 3.58. The molecule has 3 aromatic heterocycles. The van der Waals surface area contributed by atoms with Gasteiger partial charge in [0.05, 0.1) is 17.8 Å². The third-order valence-corrected chi connectivity index (χ3v) is 5.97. The number of piperidine rings is 1. The summed E-state index contributed by atoms with van der Waals surface area (Å²) in [6.45, 7) is 3.28. The van der Waals surface area contributed by atoms with E-state index in [1.54, 1.807) is 16.0 Å². The van der Waals surface area contributed by atoms with E-state index in [0.717, 1.165) is 50.4 Å². The summed E-state index contributed by atoms with van der Waals surface area (Å²) in [4.78, 5) is 5.60. The van der Waals surface area contributed by atoms with E-state index in [1.807, 2.05) is 24.1 Å². The second kappa shape index (κ2) is 5.85. The van der Waals surface area contributed by atoms with Crippen LogP contribution in [0.3, 0.4) is 0 Å². The van der Waals surface area contributed by atoms with Gasteiger partial charge in [0.15, 0.2) is 4.83 Å². The largest absolute Gasteiger partial charge is 0.314 e. The molecular formula is C18H19FN6S. The van der Waals surface area contributed by atoms with Crippen molar-refractivity contribution in [2.75, 3.05) is 13.1 Å². The molecule has 1 aliphatic rings. The third kappa shape index (κ3) is 2.52. The first-order chi connectivity index (χ1) is 12.6. The molecule has 1 fully saturated rings. The minimum atomic E-state index is -0.909. The number of rotatable bonds is 2. The van der Waals surface area contributed by atoms with Gasteiger partial charge < -0.3 is 5.32 Å². The number of aryl methyl sites for hydroxylation is 2. The topological polar surface area (TPSA) is 60.6 Å². The van der Waals surface area contributed by atoms with Crippen molar-refractivity contribution in [1.29, 1.82) is 0 Å². The SMILES string of the molecule is Cc1cc(-c2nc3cn([C@H]4CCNC[C@H]4F)nc3s2)cc2cn(C)nc12. The molecule has 2 atom stereocenters. The fraction of sp³-hybridized carbons (Fsp3) is 0.389. The highest BCUT2D eigenvalue weighted by Crippen LogP contribution is 2.33. The van der Waals surface area contributed by atoms with Crippen LogP contribution in [0.15, 0.2) is 24.5 Å². The molecule has 0 amide bonds. The molecule has 0 aliphatic carbocycles. The second-order valence-electron chi connectivity index (χ2n) is 6.93. The number of fused-ring (bicyclic) bond motifs is 2. The first-order valence-electron chi connectivity index (χ1n) is 8.73. The summed E-state index contributed by atoms with van der Waals surface area (Å²) in [7, 11) is 1.93. The van der Waals surface area contributed by atoms with E-state index in [4.69, 9.17) is 4.98 Å². The van der Waals surface area contributed by atoms with Crippen LogP contribution in [0.4, 0.5) is 4.39 Å². The fourth-order valence-electron chi connectivity index (χ4n) is 3.69. The Morgan fingerprint density at radius 2 is 2.15 bits per heavy atom. The first kappa shape index (κ1) is 15.9. The standard InChI is InChI=1S/C18H19FN6S/c1-10-5-11(6-12-8-24(2)22-16(10)12)17-21-14-9-25(23-18(14)26-17)15-3-4-20-7-13(15)19/h5-6,8-9,13,15,20H,3-4,7H2,1-2H3/t13-,15+/m1/s1. The number of aromatic nitrogens is 5. The highest BCUT2D eigenvalue weighted by Gasteiger charge is 2.27. The summed E-state index contributed by atoms with van der Waals surface area (Å²) in [5.41, 5.74) is 4.05. The summed E-state index contributed by atoms with van der Waals surface area (Å²) in [6.07, 6.45) is 3.74. The number of thiazole rings is 1. The van der Waals surface area contributed by atoms with E-state index >= 15 is 0 Å². The van der Waals surface area contributed by atoms with Crippen LogP contribution in [0.1, 0.15) is 18.0 Å². The zero-order valence-corrected chi connectivity index (χ0v) is 15.4. The maximum Gasteiger partial charge on any atom is 0.166 e. The van der Waals surface area contributed by atoms with Crippen LogP contribution in [0.5, 0.6) is 0 Å². The molecule has 6 nitrogen and oxygen atoms in total. The molecule has 8 heteroatoms. The Balaban J connectivity index is 1.53. The van der Waals surface area contributed by atoms with Gasteiger partial charge in [0.1, 0.15) is 16.7 Å². The van der Waals surface area contributed by atoms with Crippen molar-refractivity contribution in [2.24, 2.45) is 7.05 Å². The lowest BCUT2D eigenvalue weighted by molar-refractivity contribution is 0.174. The Labute approximate surface area is 153 Å². The summed E-state index contributed by atoms with van der Waals surface area (Å²) in [5.74, 6) is 0. The van der Waals surface area contributed by atoms with Gasteiger partial charge in [-0.3, -0.25) is 9.36 Å². The zero-order chi connectivity index (χ0) is 17.8. The second-order valence-corrected chi connectivity index (χ2v) is 7.91. The predicted molar refractivity (Wildman–Crippen MR) is 101 cm³/mol. The number of nitrogens with zero attached hydrogens (tertiary/aromatic N) is 5. The molecule has 0 saturated carbocycles. The molecule has 4 aromatic rings. The molecule has 4 heterocycles. The van der Waals surface area contributed by atoms with Gasteiger partial charge in [-0.15, -0.1) is 0 Å². The summed E-state index contributed by atoms with van der Waals surface area (Å²) in [6, 6.07) is 4.03. The molecule has 1 aromatic carbocycles. The van der Waals surface area contributed by atoms with E-state index in [-0.39, 0.29) is 6.04 Å². The minimum Gasteiger partial charge on any atom is -0.314 e. The first-order valence-corrected chi connectivity index (χ1v) is 9.55. The Hall–Kier alpha value is -2.32. The number of hydrogen-bond donors (Lipinski definition) is 1. The lowest BCUT2D eigenvalue weighted by Gasteiger charge is -2.26. The van der Waals surface area contributed by atoms with Gasteiger partial charge in [-0.25, -0.2) is 9.37 Å². The van der Waals surface area contributed by atoms with Crippen LogP contribution < -0.4 is 5.32 Å². The lowest BCUT2D eigenvalue weighted by Crippen LogP contribution is -2.39. The van der Waals surface area contributed by atoms with Gasteiger partial charge in [0.25, 0.3) is 0 Å². The van der Waals surface area contributed by atoms with Crippen molar-refractivity contribution >= 4 is 32.6 Å². The minimum absolute atomic E-state index is 0.199. The molecule has 1 aliphatic heterocycles. The van der Waals surface area contributed by atoms with Crippen LogP contribution in [0.25, 0.3) is 31.8 Å². The van der Waals surface area contributed by atoms with Crippen LogP contribution in [-0.4, -0.2) is 43.8 Å². The maximum atomic E-state index is 14.2. The Morgan fingerprint density at radius 3 is 2.96 bits per heavy atom. The van der Waals surface area contributed by atoms with E-state index in [9.17, 15) is 4.39 Å². The van der Waals surface area contributed by atoms with Gasteiger partial charge in [-0.05, 0) is 37.6 Å². The van der Waals surface area contributed by atoms with E-state index in [0.29, 0.717) is 6.54 Å². The normalized spacial score (nSPS) is 21.0. The molecule has 0 unspecified atom stereocenters. The van der Waals surface area contributed by atoms with Crippen LogP contribution >= 0.6 is 11.3 Å². The van der Waals surface area contributed by atoms with E-state index < -0.39 is 6.17 Å². The highest BCUT2D eigenvalue weighted by atomic mass is 32.1. The molecule has 0 radical (unpaired) electrons. The number of nitrogens with one attached hydrogen (secondary N) is 1. The average Bonchev–Trinajstić information content (AvgIpc) is 3.27. The molecule has 26 heavy (non-hydrogen) atoms. The molecule has 0 bridgehead atoms. The maximum absolute atomic E-state index is 14.2. The van der Waals surface area contributed by atoms with Crippen LogP contribution in [0.2, 0.25) is 0 Å². The summed E-state index contributed by atoms with van der Waals surface area (Å²) >= 11 is 1.55. The number of alkyl halides is 1. The van der Waals surface area contributed by atoms with Crippen molar-refractivity contribution in [3.05, 3.63) is 30.1 Å². The van der Waals surface area contributed by atoms with Crippen molar-refractivity contribution < 1.29 is 4.39 Å². The summed E-state index contributed by atoms with van der Waals surface area (Å²) in [5, 5.41) is 14.2. The monoisotopic (exact) mass is 370 g/mol. The molecule has 134 valence electrons. The van der Waals surface area contributed by atoms with Crippen molar-refractivity contribution in [3.8, 4) is 10.6 Å². The zero-order valence-electron chi connectivity index (χ0n) is 14.6. The van der Waals surface area contributed by atoms with Crippen molar-refractivity contribution in [3.63, 3.8) is 0 Å². The average molecular weight is 370 g/mol.